The molecule has 0 saturated carbocycles. The topological polar surface area (TPSA) is 116 Å². The number of carbonyl (C=O) groups is 1. The van der Waals surface area contributed by atoms with Gasteiger partial charge in [0.2, 0.25) is 0 Å². The molecule has 2 aliphatic rings. The van der Waals surface area contributed by atoms with Crippen LogP contribution in [0, 0.1) is 5.41 Å². The van der Waals surface area contributed by atoms with Crippen LogP contribution in [0.25, 0.3) is 11.1 Å². The van der Waals surface area contributed by atoms with Gasteiger partial charge in [-0.3, -0.25) is 19.5 Å². The second kappa shape index (κ2) is 10.5. The minimum atomic E-state index is -0.332. The molecule has 1 amide bonds. The second-order valence-corrected chi connectivity index (χ2v) is 10.8. The molecule has 10 nitrogen and oxygen atoms in total. The number of rotatable bonds is 5. The third-order valence-corrected chi connectivity index (χ3v) is 7.27. The Morgan fingerprint density at radius 2 is 1.95 bits per heavy atom. The van der Waals surface area contributed by atoms with E-state index in [1.54, 1.807) is 42.7 Å². The van der Waals surface area contributed by atoms with E-state index in [1.165, 1.54) is 17.0 Å². The predicted octanol–water partition coefficient (Wildman–Crippen LogP) is 3.38. The molecule has 0 unspecified atom stereocenters. The molecule has 39 heavy (non-hydrogen) atoms. The SMILES string of the molecule is C=C1/C=C2/C(=O)N(c3nccc(-c4cc(Nc5cnccn5)c(=O)n(C)c4)c3CO)CCN2CCC(C)(C)C1. The molecule has 10 heteroatoms. The van der Waals surface area contributed by atoms with Crippen molar-refractivity contribution in [3.05, 3.63) is 83.0 Å². The van der Waals surface area contributed by atoms with Gasteiger partial charge in [0.25, 0.3) is 11.5 Å². The maximum atomic E-state index is 13.8. The summed E-state index contributed by atoms with van der Waals surface area (Å²) < 4.78 is 1.46. The van der Waals surface area contributed by atoms with Gasteiger partial charge in [-0.15, -0.1) is 0 Å². The number of aliphatic hydroxyl groups excluding tert-OH is 1. The monoisotopic (exact) mass is 527 g/mol. The highest BCUT2D eigenvalue weighted by Gasteiger charge is 2.35. The molecule has 0 aliphatic carbocycles. The lowest BCUT2D eigenvalue weighted by atomic mass is 9.81. The normalized spacial score (nSPS) is 18.6. The van der Waals surface area contributed by atoms with E-state index in [2.05, 4.69) is 45.6 Å². The van der Waals surface area contributed by atoms with Crippen LogP contribution < -0.4 is 15.8 Å². The van der Waals surface area contributed by atoms with Crippen LogP contribution in [0.5, 0.6) is 0 Å². The first-order chi connectivity index (χ1) is 18.7. The number of hydrogen-bond donors (Lipinski definition) is 2. The van der Waals surface area contributed by atoms with Crippen molar-refractivity contribution in [1.29, 1.82) is 0 Å². The molecular formula is C29H33N7O3. The van der Waals surface area contributed by atoms with Crippen molar-refractivity contribution in [2.75, 3.05) is 29.9 Å². The van der Waals surface area contributed by atoms with Crippen LogP contribution in [0.4, 0.5) is 17.3 Å². The van der Waals surface area contributed by atoms with Gasteiger partial charge in [-0.1, -0.05) is 26.0 Å². The van der Waals surface area contributed by atoms with Gasteiger partial charge in [-0.05, 0) is 42.0 Å². The van der Waals surface area contributed by atoms with Gasteiger partial charge in [-0.2, -0.15) is 0 Å². The van der Waals surface area contributed by atoms with Crippen molar-refractivity contribution in [3.8, 4) is 11.1 Å². The Morgan fingerprint density at radius 1 is 1.13 bits per heavy atom. The molecule has 2 N–H and O–H groups in total. The molecular weight excluding hydrogens is 494 g/mol. The Balaban J connectivity index is 1.53. The largest absolute Gasteiger partial charge is 0.392 e. The summed E-state index contributed by atoms with van der Waals surface area (Å²) in [7, 11) is 1.66. The van der Waals surface area contributed by atoms with E-state index >= 15 is 0 Å². The lowest BCUT2D eigenvalue weighted by molar-refractivity contribution is -0.118. The number of allylic oxidation sites excluding steroid dienone is 2. The quantitative estimate of drug-likeness (QED) is 0.519. The van der Waals surface area contributed by atoms with Crippen LogP contribution in [0.1, 0.15) is 32.3 Å². The van der Waals surface area contributed by atoms with E-state index in [4.69, 9.17) is 0 Å². The number of hydrogen-bond acceptors (Lipinski definition) is 8. The number of piperazine rings is 1. The van der Waals surface area contributed by atoms with E-state index in [9.17, 15) is 14.7 Å². The summed E-state index contributed by atoms with van der Waals surface area (Å²) in [6, 6.07) is 3.48. The third-order valence-electron chi connectivity index (χ3n) is 7.27. The summed E-state index contributed by atoms with van der Waals surface area (Å²) >= 11 is 0. The summed E-state index contributed by atoms with van der Waals surface area (Å²) in [6.45, 7) is 10.2. The van der Waals surface area contributed by atoms with Crippen molar-refractivity contribution in [2.24, 2.45) is 12.5 Å². The first kappa shape index (κ1) is 26.3. The van der Waals surface area contributed by atoms with Crippen LogP contribution in [-0.2, 0) is 18.4 Å². The fourth-order valence-corrected chi connectivity index (χ4v) is 5.28. The van der Waals surface area contributed by atoms with Crippen molar-refractivity contribution in [3.63, 3.8) is 0 Å². The summed E-state index contributed by atoms with van der Waals surface area (Å²) in [5.74, 6) is 0.684. The average Bonchev–Trinajstić information content (AvgIpc) is 2.90. The highest BCUT2D eigenvalue weighted by atomic mass is 16.3. The molecule has 202 valence electrons. The smallest absolute Gasteiger partial charge is 0.275 e. The van der Waals surface area contributed by atoms with Gasteiger partial charge in [0, 0.05) is 62.6 Å². The Bertz CT molecular complexity index is 1510. The Hall–Kier alpha value is -4.31. The minimum Gasteiger partial charge on any atom is -0.392 e. The van der Waals surface area contributed by atoms with Gasteiger partial charge in [0.1, 0.15) is 23.0 Å². The van der Waals surface area contributed by atoms with Crippen molar-refractivity contribution in [2.45, 2.75) is 33.3 Å². The molecule has 5 heterocycles. The molecule has 0 bridgehead atoms. The highest BCUT2D eigenvalue weighted by Crippen LogP contribution is 2.36. The van der Waals surface area contributed by atoms with Gasteiger partial charge < -0.3 is 19.9 Å². The third kappa shape index (κ3) is 5.33. The number of aromatic nitrogens is 4. The average molecular weight is 528 g/mol. The van der Waals surface area contributed by atoms with Gasteiger partial charge in [0.15, 0.2) is 0 Å². The summed E-state index contributed by atoms with van der Waals surface area (Å²) in [6.07, 6.45) is 11.6. The molecule has 0 atom stereocenters. The Morgan fingerprint density at radius 3 is 2.69 bits per heavy atom. The second-order valence-electron chi connectivity index (χ2n) is 10.8. The molecule has 1 saturated heterocycles. The standard InChI is InChI=1S/C29H33N7O3/c1-19-13-24-28(39)36(12-11-35(24)10-6-29(2,3)15-19)26-22(18-37)21(5-7-32-26)20-14-23(27(38)34(4)17-20)33-25-16-30-8-9-31-25/h5,7-9,13-14,16-17,37H,1,6,10-12,15,18H2,2-4H3,(H,31,33)/b24-13-. The fourth-order valence-electron chi connectivity index (χ4n) is 5.28. The van der Waals surface area contributed by atoms with E-state index in [0.29, 0.717) is 52.8 Å². The number of anilines is 3. The molecule has 2 aliphatic heterocycles. The number of aliphatic hydroxyl groups is 1. The number of carbonyl (C=O) groups excluding carboxylic acids is 1. The number of aryl methyl sites for hydroxylation is 1. The molecule has 0 spiro atoms. The van der Waals surface area contributed by atoms with Crippen LogP contribution in [0.15, 0.2) is 71.8 Å². The number of nitrogens with one attached hydrogen (secondary N) is 1. The van der Waals surface area contributed by atoms with Crippen molar-refractivity contribution in [1.82, 2.24) is 24.4 Å². The highest BCUT2D eigenvalue weighted by molar-refractivity contribution is 6.06. The number of fused-ring (bicyclic) bond motifs is 1. The summed E-state index contributed by atoms with van der Waals surface area (Å²) in [5, 5.41) is 13.5. The first-order valence-electron chi connectivity index (χ1n) is 13.0. The maximum Gasteiger partial charge on any atom is 0.275 e. The van der Waals surface area contributed by atoms with Crippen molar-refractivity contribution >= 4 is 23.2 Å². The summed E-state index contributed by atoms with van der Waals surface area (Å²) in [5.41, 5.74) is 3.59. The first-order valence-corrected chi connectivity index (χ1v) is 13.0. The van der Waals surface area contributed by atoms with Gasteiger partial charge in [-0.25, -0.2) is 9.97 Å². The Labute approximate surface area is 227 Å². The molecule has 3 aromatic heterocycles. The zero-order valence-corrected chi connectivity index (χ0v) is 22.5. The number of pyridine rings is 2. The molecule has 0 radical (unpaired) electrons. The van der Waals surface area contributed by atoms with Crippen LogP contribution >= 0.6 is 0 Å². The van der Waals surface area contributed by atoms with Crippen LogP contribution in [0.3, 0.4) is 0 Å². The molecule has 3 aromatic rings. The fraction of sp³-hybridized carbons (Fsp3) is 0.345. The predicted molar refractivity (Wildman–Crippen MR) is 150 cm³/mol. The van der Waals surface area contributed by atoms with Gasteiger partial charge >= 0.3 is 0 Å². The van der Waals surface area contributed by atoms with Gasteiger partial charge in [0.05, 0.1) is 12.8 Å². The maximum absolute atomic E-state index is 13.8. The van der Waals surface area contributed by atoms with Crippen LogP contribution in [-0.4, -0.2) is 55.1 Å². The lowest BCUT2D eigenvalue weighted by Crippen LogP contribution is -2.50. The van der Waals surface area contributed by atoms with E-state index in [0.717, 1.165) is 25.0 Å². The lowest BCUT2D eigenvalue weighted by Gasteiger charge is -2.41. The van der Waals surface area contributed by atoms with Crippen molar-refractivity contribution < 1.29 is 9.90 Å². The van der Waals surface area contributed by atoms with E-state index in [1.807, 2.05) is 6.08 Å². The molecule has 5 rings (SSSR count). The number of nitrogens with zero attached hydrogens (tertiary/aromatic N) is 6. The van der Waals surface area contributed by atoms with E-state index in [-0.39, 0.29) is 23.5 Å². The molecule has 0 aromatic carbocycles. The van der Waals surface area contributed by atoms with E-state index < -0.39 is 0 Å². The minimum absolute atomic E-state index is 0.121. The molecule has 1 fully saturated rings. The summed E-state index contributed by atoms with van der Waals surface area (Å²) in [4.78, 5) is 43.2. The zero-order chi connectivity index (χ0) is 27.7. The zero-order valence-electron chi connectivity index (χ0n) is 22.5. The number of amides is 1. The van der Waals surface area contributed by atoms with Crippen LogP contribution in [0.2, 0.25) is 0 Å². The Kier molecular flexibility index (Phi) is 7.05.